The van der Waals surface area contributed by atoms with Gasteiger partial charge in [-0.3, -0.25) is 4.79 Å². The van der Waals surface area contributed by atoms with E-state index in [1.54, 1.807) is 11.9 Å². The van der Waals surface area contributed by atoms with Crippen molar-refractivity contribution in [3.63, 3.8) is 0 Å². The van der Waals surface area contributed by atoms with E-state index < -0.39 is 20.9 Å². The van der Waals surface area contributed by atoms with Crippen molar-refractivity contribution in [3.8, 4) is 0 Å². The molecule has 0 aliphatic carbocycles. The number of amides is 1. The Kier molecular flexibility index (Phi) is 4.35. The summed E-state index contributed by atoms with van der Waals surface area (Å²) >= 11 is 0. The van der Waals surface area contributed by atoms with Gasteiger partial charge in [0.1, 0.15) is 12.1 Å². The fraction of sp³-hybridized carbons (Fsp3) is 0.400. The van der Waals surface area contributed by atoms with Crippen LogP contribution in [0.1, 0.15) is 23.2 Å². The van der Waals surface area contributed by atoms with Crippen molar-refractivity contribution < 1.29 is 17.6 Å². The first-order chi connectivity index (χ1) is 11.4. The fourth-order valence-corrected chi connectivity index (χ4v) is 4.56. The van der Waals surface area contributed by atoms with E-state index in [0.29, 0.717) is 31.5 Å². The Labute approximate surface area is 139 Å². The maximum atomic E-state index is 12.9. The predicted octanol–water partition coefficient (Wildman–Crippen LogP) is 1.03. The van der Waals surface area contributed by atoms with Crippen LogP contribution in [0.2, 0.25) is 0 Å². The van der Waals surface area contributed by atoms with Gasteiger partial charge in [0.05, 0.1) is 5.25 Å². The predicted molar refractivity (Wildman–Crippen MR) is 83.5 cm³/mol. The molecule has 1 saturated heterocycles. The number of carbonyl (C=O) groups excluding carboxylic acids is 1. The monoisotopic (exact) mass is 352 g/mol. The SMILES string of the molecule is Cn1cnnc1S(=O)(=O)C1CCN(C(=O)c2ccc(F)cc2)CC1. The molecule has 7 nitrogen and oxygen atoms in total. The quantitative estimate of drug-likeness (QED) is 0.824. The maximum absolute atomic E-state index is 12.9. The molecule has 9 heteroatoms. The van der Waals surface area contributed by atoms with Crippen LogP contribution < -0.4 is 0 Å². The Bertz CT molecular complexity index is 840. The topological polar surface area (TPSA) is 85.2 Å². The molecule has 2 heterocycles. The van der Waals surface area contributed by atoms with Crippen LogP contribution in [0.3, 0.4) is 0 Å². The zero-order valence-electron chi connectivity index (χ0n) is 13.1. The smallest absolute Gasteiger partial charge is 0.253 e. The summed E-state index contributed by atoms with van der Waals surface area (Å²) in [4.78, 5) is 14.0. The number of nitrogens with zero attached hydrogens (tertiary/aromatic N) is 4. The van der Waals surface area contributed by atoms with Gasteiger partial charge in [0.15, 0.2) is 0 Å². The molecule has 1 aliphatic rings. The normalized spacial score (nSPS) is 16.3. The number of carbonyl (C=O) groups is 1. The van der Waals surface area contributed by atoms with Crippen molar-refractivity contribution in [2.45, 2.75) is 23.2 Å². The largest absolute Gasteiger partial charge is 0.339 e. The number of halogens is 1. The molecule has 1 aromatic heterocycles. The number of aryl methyl sites for hydroxylation is 1. The average molecular weight is 352 g/mol. The molecule has 0 spiro atoms. The number of piperidine rings is 1. The van der Waals surface area contributed by atoms with Gasteiger partial charge in [-0.25, -0.2) is 12.8 Å². The molecule has 0 saturated carbocycles. The Balaban J connectivity index is 1.69. The number of hydrogen-bond donors (Lipinski definition) is 0. The zero-order valence-corrected chi connectivity index (χ0v) is 13.9. The van der Waals surface area contributed by atoms with Crippen molar-refractivity contribution >= 4 is 15.7 Å². The van der Waals surface area contributed by atoms with E-state index in [0.717, 1.165) is 0 Å². The minimum atomic E-state index is -3.57. The van der Waals surface area contributed by atoms with Crippen molar-refractivity contribution in [1.29, 1.82) is 0 Å². The minimum Gasteiger partial charge on any atom is -0.339 e. The third kappa shape index (κ3) is 3.03. The average Bonchev–Trinajstić information content (AvgIpc) is 3.02. The van der Waals surface area contributed by atoms with Crippen LogP contribution in [-0.2, 0) is 16.9 Å². The first-order valence-electron chi connectivity index (χ1n) is 7.52. The summed E-state index contributed by atoms with van der Waals surface area (Å²) in [5, 5.41) is 6.66. The van der Waals surface area contributed by atoms with Gasteiger partial charge in [0.25, 0.3) is 5.91 Å². The molecule has 0 unspecified atom stereocenters. The van der Waals surface area contributed by atoms with Crippen LogP contribution in [0, 0.1) is 5.82 Å². The maximum Gasteiger partial charge on any atom is 0.253 e. The van der Waals surface area contributed by atoms with Crippen molar-refractivity contribution in [2.24, 2.45) is 7.05 Å². The van der Waals surface area contributed by atoms with E-state index >= 15 is 0 Å². The van der Waals surface area contributed by atoms with Crippen LogP contribution in [0.4, 0.5) is 4.39 Å². The van der Waals surface area contributed by atoms with E-state index in [-0.39, 0.29) is 11.1 Å². The highest BCUT2D eigenvalue weighted by Crippen LogP contribution is 2.24. The first kappa shape index (κ1) is 16.6. The second kappa shape index (κ2) is 6.31. The lowest BCUT2D eigenvalue weighted by Gasteiger charge is -2.31. The molecule has 0 atom stereocenters. The van der Waals surface area contributed by atoms with Crippen molar-refractivity contribution in [2.75, 3.05) is 13.1 Å². The molecule has 2 aromatic rings. The second-order valence-electron chi connectivity index (χ2n) is 5.77. The number of hydrogen-bond acceptors (Lipinski definition) is 5. The molecule has 24 heavy (non-hydrogen) atoms. The molecule has 0 N–H and O–H groups in total. The molecule has 128 valence electrons. The molecule has 3 rings (SSSR count). The van der Waals surface area contributed by atoms with Gasteiger partial charge in [0.2, 0.25) is 15.0 Å². The second-order valence-corrected chi connectivity index (χ2v) is 7.89. The molecule has 0 radical (unpaired) electrons. The van der Waals surface area contributed by atoms with Gasteiger partial charge < -0.3 is 9.47 Å². The summed E-state index contributed by atoms with van der Waals surface area (Å²) < 4.78 is 39.5. The summed E-state index contributed by atoms with van der Waals surface area (Å²) in [6.45, 7) is 0.663. The van der Waals surface area contributed by atoms with Crippen LogP contribution in [0.15, 0.2) is 35.7 Å². The Morgan fingerprint density at radius 2 is 1.83 bits per heavy atom. The van der Waals surface area contributed by atoms with E-state index in [2.05, 4.69) is 10.2 Å². The molecule has 1 aliphatic heterocycles. The summed E-state index contributed by atoms with van der Waals surface area (Å²) in [6.07, 6.45) is 2.02. The fourth-order valence-electron chi connectivity index (χ4n) is 2.82. The minimum absolute atomic E-state index is 0.0502. The Morgan fingerprint density at radius 1 is 1.21 bits per heavy atom. The highest BCUT2D eigenvalue weighted by atomic mass is 32.2. The molecule has 1 amide bonds. The van der Waals surface area contributed by atoms with Gasteiger partial charge in [-0.1, -0.05) is 0 Å². The Morgan fingerprint density at radius 3 is 2.38 bits per heavy atom. The number of rotatable bonds is 3. The third-order valence-corrected chi connectivity index (χ3v) is 6.41. The lowest BCUT2D eigenvalue weighted by atomic mass is 10.1. The van der Waals surface area contributed by atoms with E-state index in [1.165, 1.54) is 35.2 Å². The van der Waals surface area contributed by atoms with E-state index in [1.807, 2.05) is 0 Å². The zero-order chi connectivity index (χ0) is 17.3. The molecular formula is C15H17FN4O3S. The highest BCUT2D eigenvalue weighted by Gasteiger charge is 2.35. The van der Waals surface area contributed by atoms with E-state index in [9.17, 15) is 17.6 Å². The summed E-state index contributed by atoms with van der Waals surface area (Å²) in [7, 11) is -1.98. The van der Waals surface area contributed by atoms with E-state index in [4.69, 9.17) is 0 Å². The van der Waals surface area contributed by atoms with Crippen LogP contribution in [0.25, 0.3) is 0 Å². The number of benzene rings is 1. The van der Waals surface area contributed by atoms with Crippen molar-refractivity contribution in [1.82, 2.24) is 19.7 Å². The summed E-state index contributed by atoms with van der Waals surface area (Å²) in [6, 6.07) is 5.33. The highest BCUT2D eigenvalue weighted by molar-refractivity contribution is 7.91. The molecule has 1 aromatic carbocycles. The first-order valence-corrected chi connectivity index (χ1v) is 9.07. The van der Waals surface area contributed by atoms with Gasteiger partial charge in [-0.2, -0.15) is 0 Å². The van der Waals surface area contributed by atoms with Crippen LogP contribution in [-0.4, -0.2) is 52.3 Å². The number of sulfone groups is 1. The third-order valence-electron chi connectivity index (χ3n) is 4.18. The summed E-state index contributed by atoms with van der Waals surface area (Å²) in [5.41, 5.74) is 0.394. The van der Waals surface area contributed by atoms with Gasteiger partial charge in [0, 0.05) is 25.7 Å². The van der Waals surface area contributed by atoms with Crippen molar-refractivity contribution in [3.05, 3.63) is 42.0 Å². The molecule has 0 bridgehead atoms. The van der Waals surface area contributed by atoms with Crippen LogP contribution >= 0.6 is 0 Å². The standard InChI is InChI=1S/C15H17FN4O3S/c1-19-10-17-18-15(19)24(22,23)13-6-8-20(9-7-13)14(21)11-2-4-12(16)5-3-11/h2-5,10,13H,6-9H2,1H3. The lowest BCUT2D eigenvalue weighted by molar-refractivity contribution is 0.0725. The van der Waals surface area contributed by atoms with Gasteiger partial charge >= 0.3 is 0 Å². The lowest BCUT2D eigenvalue weighted by Crippen LogP contribution is -2.42. The molecular weight excluding hydrogens is 335 g/mol. The molecule has 1 fully saturated rings. The number of likely N-dealkylation sites (tertiary alicyclic amines) is 1. The van der Waals surface area contributed by atoms with Crippen LogP contribution in [0.5, 0.6) is 0 Å². The van der Waals surface area contributed by atoms with Gasteiger partial charge in [-0.15, -0.1) is 10.2 Å². The Hall–Kier alpha value is -2.29. The number of aromatic nitrogens is 3. The van der Waals surface area contributed by atoms with Gasteiger partial charge in [-0.05, 0) is 37.1 Å². The summed E-state index contributed by atoms with van der Waals surface area (Å²) in [5.74, 6) is -0.621.